The molecule has 1 aliphatic rings. The Morgan fingerprint density at radius 3 is 3.06 bits per heavy atom. The SMILES string of the molecule is CCn1cnnc1CNC(COC)C1CC1. The number of nitrogens with one attached hydrogen (secondary N) is 1. The Morgan fingerprint density at radius 1 is 1.62 bits per heavy atom. The van der Waals surface area contributed by atoms with Gasteiger partial charge in [-0.25, -0.2) is 0 Å². The number of aromatic nitrogens is 3. The Balaban J connectivity index is 1.84. The van der Waals surface area contributed by atoms with Crippen LogP contribution >= 0.6 is 0 Å². The highest BCUT2D eigenvalue weighted by atomic mass is 16.5. The van der Waals surface area contributed by atoms with Crippen molar-refractivity contribution < 1.29 is 4.74 Å². The molecule has 5 heteroatoms. The van der Waals surface area contributed by atoms with E-state index in [1.807, 2.05) is 0 Å². The van der Waals surface area contributed by atoms with Crippen molar-refractivity contribution >= 4 is 0 Å². The van der Waals surface area contributed by atoms with E-state index in [-0.39, 0.29) is 0 Å². The molecular formula is C11H20N4O. The minimum absolute atomic E-state index is 0.465. The summed E-state index contributed by atoms with van der Waals surface area (Å²) in [5.74, 6) is 1.79. The molecule has 1 atom stereocenters. The van der Waals surface area contributed by atoms with Crippen LogP contribution in [0.15, 0.2) is 6.33 Å². The highest BCUT2D eigenvalue weighted by Crippen LogP contribution is 2.32. The average Bonchev–Trinajstić information content (AvgIpc) is 3.03. The standard InChI is InChI=1S/C11H20N4O/c1-3-15-8-13-14-11(15)6-12-10(7-16-2)9-4-5-9/h8-10,12H,3-7H2,1-2H3. The van der Waals surface area contributed by atoms with Crippen molar-refractivity contribution in [3.63, 3.8) is 0 Å². The summed E-state index contributed by atoms with van der Waals surface area (Å²) < 4.78 is 7.29. The summed E-state index contributed by atoms with van der Waals surface area (Å²) in [7, 11) is 1.76. The van der Waals surface area contributed by atoms with Crippen LogP contribution in [0.1, 0.15) is 25.6 Å². The van der Waals surface area contributed by atoms with E-state index in [9.17, 15) is 0 Å². The van der Waals surface area contributed by atoms with Crippen LogP contribution in [0.4, 0.5) is 0 Å². The second kappa shape index (κ2) is 5.41. The van der Waals surface area contributed by atoms with Crippen LogP contribution in [0.3, 0.4) is 0 Å². The van der Waals surface area contributed by atoms with E-state index >= 15 is 0 Å². The van der Waals surface area contributed by atoms with Crippen molar-refractivity contribution in [2.75, 3.05) is 13.7 Å². The van der Waals surface area contributed by atoms with E-state index in [4.69, 9.17) is 4.74 Å². The summed E-state index contributed by atoms with van der Waals surface area (Å²) in [4.78, 5) is 0. The fourth-order valence-electron chi connectivity index (χ4n) is 1.94. The van der Waals surface area contributed by atoms with Crippen LogP contribution in [-0.4, -0.2) is 34.5 Å². The first-order chi connectivity index (χ1) is 7.85. The van der Waals surface area contributed by atoms with Crippen molar-refractivity contribution in [1.29, 1.82) is 0 Å². The summed E-state index contributed by atoms with van der Waals surface area (Å²) >= 11 is 0. The third-order valence-electron chi connectivity index (χ3n) is 3.10. The van der Waals surface area contributed by atoms with E-state index in [0.717, 1.165) is 31.4 Å². The first-order valence-electron chi connectivity index (χ1n) is 5.94. The monoisotopic (exact) mass is 224 g/mol. The quantitative estimate of drug-likeness (QED) is 0.744. The fraction of sp³-hybridized carbons (Fsp3) is 0.818. The van der Waals surface area contributed by atoms with Crippen LogP contribution < -0.4 is 5.32 Å². The first kappa shape index (κ1) is 11.5. The Bertz CT molecular complexity index is 322. The molecule has 1 aromatic rings. The number of rotatable bonds is 7. The number of hydrogen-bond acceptors (Lipinski definition) is 4. The summed E-state index contributed by atoms with van der Waals surface area (Å²) in [6.07, 6.45) is 4.42. The van der Waals surface area contributed by atoms with Gasteiger partial charge >= 0.3 is 0 Å². The number of nitrogens with zero attached hydrogens (tertiary/aromatic N) is 3. The van der Waals surface area contributed by atoms with Gasteiger partial charge in [0.2, 0.25) is 0 Å². The number of ether oxygens (including phenoxy) is 1. The molecule has 1 fully saturated rings. The van der Waals surface area contributed by atoms with Crippen molar-refractivity contribution in [3.8, 4) is 0 Å². The minimum Gasteiger partial charge on any atom is -0.383 e. The molecule has 1 heterocycles. The molecule has 1 unspecified atom stereocenters. The summed E-state index contributed by atoms with van der Waals surface area (Å²) in [5, 5.41) is 11.5. The molecule has 5 nitrogen and oxygen atoms in total. The minimum atomic E-state index is 0.465. The molecule has 1 aromatic heterocycles. The predicted octanol–water partition coefficient (Wildman–Crippen LogP) is 0.813. The normalized spacial score (nSPS) is 17.6. The van der Waals surface area contributed by atoms with Gasteiger partial charge in [0.05, 0.1) is 13.2 Å². The zero-order valence-corrected chi connectivity index (χ0v) is 10.0. The van der Waals surface area contributed by atoms with Crippen LogP contribution in [0, 0.1) is 5.92 Å². The summed E-state index contributed by atoms with van der Waals surface area (Å²) in [6, 6.07) is 0.465. The van der Waals surface area contributed by atoms with Gasteiger partial charge in [0.25, 0.3) is 0 Å². The molecule has 0 saturated heterocycles. The molecule has 2 rings (SSSR count). The highest BCUT2D eigenvalue weighted by molar-refractivity contribution is 4.90. The molecular weight excluding hydrogens is 204 g/mol. The van der Waals surface area contributed by atoms with Crippen molar-refractivity contribution in [2.24, 2.45) is 5.92 Å². The van der Waals surface area contributed by atoms with Crippen molar-refractivity contribution in [1.82, 2.24) is 20.1 Å². The van der Waals surface area contributed by atoms with E-state index in [1.165, 1.54) is 12.8 Å². The number of aryl methyl sites for hydroxylation is 1. The van der Waals surface area contributed by atoms with Crippen molar-refractivity contribution in [3.05, 3.63) is 12.2 Å². The molecule has 16 heavy (non-hydrogen) atoms. The third-order valence-corrected chi connectivity index (χ3v) is 3.10. The fourth-order valence-corrected chi connectivity index (χ4v) is 1.94. The second-order valence-electron chi connectivity index (χ2n) is 4.31. The molecule has 0 aromatic carbocycles. The van der Waals surface area contributed by atoms with Crippen LogP contribution in [-0.2, 0) is 17.8 Å². The third kappa shape index (κ3) is 2.80. The van der Waals surface area contributed by atoms with Gasteiger partial charge in [-0.05, 0) is 25.7 Å². The van der Waals surface area contributed by atoms with Gasteiger partial charge in [-0.1, -0.05) is 0 Å². The predicted molar refractivity (Wildman–Crippen MR) is 60.9 cm³/mol. The molecule has 1 saturated carbocycles. The van der Waals surface area contributed by atoms with E-state index < -0.39 is 0 Å². The van der Waals surface area contributed by atoms with Gasteiger partial charge < -0.3 is 14.6 Å². The van der Waals surface area contributed by atoms with Gasteiger partial charge in [0.15, 0.2) is 0 Å². The molecule has 0 spiro atoms. The lowest BCUT2D eigenvalue weighted by Crippen LogP contribution is -2.35. The Morgan fingerprint density at radius 2 is 2.44 bits per heavy atom. The summed E-state index contributed by atoms with van der Waals surface area (Å²) in [6.45, 7) is 4.58. The number of hydrogen-bond donors (Lipinski definition) is 1. The molecule has 0 aliphatic heterocycles. The average molecular weight is 224 g/mol. The van der Waals surface area contributed by atoms with Gasteiger partial charge in [-0.15, -0.1) is 10.2 Å². The van der Waals surface area contributed by atoms with Gasteiger partial charge in [-0.3, -0.25) is 0 Å². The van der Waals surface area contributed by atoms with Crippen LogP contribution in [0.25, 0.3) is 0 Å². The zero-order chi connectivity index (χ0) is 11.4. The largest absolute Gasteiger partial charge is 0.383 e. The maximum Gasteiger partial charge on any atom is 0.146 e. The second-order valence-corrected chi connectivity index (χ2v) is 4.31. The lowest BCUT2D eigenvalue weighted by atomic mass is 10.2. The molecule has 0 radical (unpaired) electrons. The zero-order valence-electron chi connectivity index (χ0n) is 10.0. The van der Waals surface area contributed by atoms with E-state index in [2.05, 4.69) is 27.0 Å². The van der Waals surface area contributed by atoms with Gasteiger partial charge in [0.1, 0.15) is 12.2 Å². The van der Waals surface area contributed by atoms with Gasteiger partial charge in [0, 0.05) is 19.7 Å². The lowest BCUT2D eigenvalue weighted by Gasteiger charge is -2.16. The van der Waals surface area contributed by atoms with Crippen LogP contribution in [0.5, 0.6) is 0 Å². The maximum absolute atomic E-state index is 5.23. The molecule has 1 N–H and O–H groups in total. The molecule has 0 amide bonds. The smallest absolute Gasteiger partial charge is 0.146 e. The van der Waals surface area contributed by atoms with E-state index in [0.29, 0.717) is 6.04 Å². The maximum atomic E-state index is 5.23. The Labute approximate surface area is 96.2 Å². The lowest BCUT2D eigenvalue weighted by molar-refractivity contribution is 0.156. The molecule has 90 valence electrons. The molecule has 1 aliphatic carbocycles. The topological polar surface area (TPSA) is 52.0 Å². The van der Waals surface area contributed by atoms with E-state index in [1.54, 1.807) is 13.4 Å². The first-order valence-corrected chi connectivity index (χ1v) is 5.94. The molecule has 0 bridgehead atoms. The highest BCUT2D eigenvalue weighted by Gasteiger charge is 2.30. The Kier molecular flexibility index (Phi) is 3.90. The number of methoxy groups -OCH3 is 1. The van der Waals surface area contributed by atoms with Crippen LogP contribution in [0.2, 0.25) is 0 Å². The van der Waals surface area contributed by atoms with Crippen molar-refractivity contribution in [2.45, 2.75) is 38.9 Å². The Hall–Kier alpha value is -0.940. The van der Waals surface area contributed by atoms with Gasteiger partial charge in [-0.2, -0.15) is 0 Å². The summed E-state index contributed by atoms with van der Waals surface area (Å²) in [5.41, 5.74) is 0.